The highest BCUT2D eigenvalue weighted by molar-refractivity contribution is 5.65. The van der Waals surface area contributed by atoms with Gasteiger partial charge in [0.1, 0.15) is 11.9 Å². The molecule has 1 aromatic rings. The zero-order valence-electron chi connectivity index (χ0n) is 11.2. The Hall–Kier alpha value is -1.51. The van der Waals surface area contributed by atoms with E-state index in [9.17, 15) is 4.79 Å². The minimum atomic E-state index is -0.587. The molecular formula is C15H20O3. The molecular weight excluding hydrogens is 228 g/mol. The van der Waals surface area contributed by atoms with Gasteiger partial charge in [0.05, 0.1) is 0 Å². The lowest BCUT2D eigenvalue weighted by atomic mass is 9.86. The minimum absolute atomic E-state index is 0.0549. The number of hydrogen-bond donors (Lipinski definition) is 0. The average Bonchev–Trinajstić information content (AvgIpc) is 2.23. The predicted molar refractivity (Wildman–Crippen MR) is 69.9 cm³/mol. The molecule has 0 aliphatic heterocycles. The van der Waals surface area contributed by atoms with Crippen LogP contribution in [0.1, 0.15) is 45.6 Å². The van der Waals surface area contributed by atoms with Gasteiger partial charge in [-0.15, -0.1) is 0 Å². The molecule has 1 fully saturated rings. The van der Waals surface area contributed by atoms with E-state index in [4.69, 9.17) is 9.47 Å². The number of carbonyl (C=O) groups is 1. The van der Waals surface area contributed by atoms with Gasteiger partial charge in [0.2, 0.25) is 0 Å². The molecule has 1 aromatic carbocycles. The first-order valence-electron chi connectivity index (χ1n) is 6.45. The maximum atomic E-state index is 11.7. The Labute approximate surface area is 108 Å². The Morgan fingerprint density at radius 1 is 1.22 bits per heavy atom. The van der Waals surface area contributed by atoms with Crippen molar-refractivity contribution >= 4 is 6.16 Å². The highest BCUT2D eigenvalue weighted by Crippen LogP contribution is 2.31. The molecule has 0 spiro atoms. The summed E-state index contributed by atoms with van der Waals surface area (Å²) >= 11 is 0. The summed E-state index contributed by atoms with van der Waals surface area (Å²) in [5.74, 6) is 0.592. The fourth-order valence-corrected chi connectivity index (χ4v) is 1.91. The lowest BCUT2D eigenvalue weighted by Gasteiger charge is -2.26. The fourth-order valence-electron chi connectivity index (χ4n) is 1.91. The topological polar surface area (TPSA) is 35.5 Å². The third-order valence-electron chi connectivity index (χ3n) is 3.20. The molecule has 0 heterocycles. The first kappa shape index (κ1) is 12.9. The maximum Gasteiger partial charge on any atom is 0.514 e. The molecule has 18 heavy (non-hydrogen) atoms. The lowest BCUT2D eigenvalue weighted by molar-refractivity contribution is 0.0224. The van der Waals surface area contributed by atoms with Crippen molar-refractivity contribution in [3.8, 4) is 5.75 Å². The van der Waals surface area contributed by atoms with Crippen LogP contribution in [-0.4, -0.2) is 12.3 Å². The monoisotopic (exact) mass is 248 g/mol. The van der Waals surface area contributed by atoms with Crippen LogP contribution in [0.4, 0.5) is 4.79 Å². The fraction of sp³-hybridized carbons (Fsp3) is 0.533. The molecule has 0 N–H and O–H groups in total. The van der Waals surface area contributed by atoms with Gasteiger partial charge in [-0.25, -0.2) is 4.79 Å². The van der Waals surface area contributed by atoms with Crippen LogP contribution in [0.5, 0.6) is 5.75 Å². The molecule has 0 unspecified atom stereocenters. The van der Waals surface area contributed by atoms with Gasteiger partial charge in [0, 0.05) is 5.56 Å². The van der Waals surface area contributed by atoms with Crippen LogP contribution in [0.25, 0.3) is 0 Å². The van der Waals surface area contributed by atoms with Crippen LogP contribution in [0, 0.1) is 0 Å². The second-order valence-corrected chi connectivity index (χ2v) is 5.77. The van der Waals surface area contributed by atoms with Gasteiger partial charge in [-0.2, -0.15) is 0 Å². The summed E-state index contributed by atoms with van der Waals surface area (Å²) in [4.78, 5) is 11.7. The standard InChI is InChI=1S/C15H20O3/c1-15(2,3)12-9-4-5-10-13(12)18-14(16)17-11-7-6-8-11/h4-5,9-11H,6-8H2,1-3H3. The van der Waals surface area contributed by atoms with Crippen molar-refractivity contribution in [2.24, 2.45) is 0 Å². The second kappa shape index (κ2) is 5.01. The number of para-hydroxylation sites is 1. The van der Waals surface area contributed by atoms with E-state index in [-0.39, 0.29) is 11.5 Å². The quantitative estimate of drug-likeness (QED) is 0.585. The molecule has 0 aromatic heterocycles. The van der Waals surface area contributed by atoms with E-state index in [2.05, 4.69) is 20.8 Å². The van der Waals surface area contributed by atoms with Crippen molar-refractivity contribution < 1.29 is 14.3 Å². The highest BCUT2D eigenvalue weighted by atomic mass is 16.7. The zero-order chi connectivity index (χ0) is 13.2. The molecule has 0 saturated heterocycles. The molecule has 1 saturated carbocycles. The van der Waals surface area contributed by atoms with E-state index >= 15 is 0 Å². The first-order chi connectivity index (χ1) is 8.47. The van der Waals surface area contributed by atoms with Gasteiger partial charge < -0.3 is 9.47 Å². The van der Waals surface area contributed by atoms with Gasteiger partial charge in [-0.05, 0) is 30.7 Å². The number of ether oxygens (including phenoxy) is 2. The molecule has 3 nitrogen and oxygen atoms in total. The SMILES string of the molecule is CC(C)(C)c1ccccc1OC(=O)OC1CCC1. The molecule has 0 atom stereocenters. The van der Waals surface area contributed by atoms with Crippen molar-refractivity contribution in [2.45, 2.75) is 51.6 Å². The first-order valence-corrected chi connectivity index (χ1v) is 6.45. The Balaban J connectivity index is 2.06. The van der Waals surface area contributed by atoms with E-state index < -0.39 is 6.16 Å². The molecule has 98 valence electrons. The van der Waals surface area contributed by atoms with Gasteiger partial charge in [-0.3, -0.25) is 0 Å². The smallest absolute Gasteiger partial charge is 0.431 e. The summed E-state index contributed by atoms with van der Waals surface area (Å²) in [6.07, 6.45) is 2.51. The molecule has 0 amide bonds. The van der Waals surface area contributed by atoms with E-state index in [0.29, 0.717) is 5.75 Å². The Morgan fingerprint density at radius 3 is 2.44 bits per heavy atom. The summed E-state index contributed by atoms with van der Waals surface area (Å²) in [5, 5.41) is 0. The summed E-state index contributed by atoms with van der Waals surface area (Å²) in [7, 11) is 0. The number of rotatable bonds is 2. The molecule has 0 radical (unpaired) electrons. The zero-order valence-corrected chi connectivity index (χ0v) is 11.2. The van der Waals surface area contributed by atoms with Crippen LogP contribution in [-0.2, 0) is 10.2 Å². The van der Waals surface area contributed by atoms with E-state index in [1.54, 1.807) is 0 Å². The highest BCUT2D eigenvalue weighted by Gasteiger charge is 2.25. The third-order valence-corrected chi connectivity index (χ3v) is 3.20. The van der Waals surface area contributed by atoms with Crippen molar-refractivity contribution in [3.63, 3.8) is 0 Å². The van der Waals surface area contributed by atoms with E-state index in [1.807, 2.05) is 24.3 Å². The van der Waals surface area contributed by atoms with Crippen molar-refractivity contribution in [3.05, 3.63) is 29.8 Å². The van der Waals surface area contributed by atoms with Gasteiger partial charge in [0.25, 0.3) is 0 Å². The molecule has 0 bridgehead atoms. The van der Waals surface area contributed by atoms with Gasteiger partial charge >= 0.3 is 6.16 Å². The normalized spacial score (nSPS) is 15.9. The minimum Gasteiger partial charge on any atom is -0.431 e. The third kappa shape index (κ3) is 3.03. The second-order valence-electron chi connectivity index (χ2n) is 5.77. The van der Waals surface area contributed by atoms with Crippen LogP contribution >= 0.6 is 0 Å². The lowest BCUT2D eigenvalue weighted by Crippen LogP contribution is -2.27. The molecule has 1 aliphatic rings. The van der Waals surface area contributed by atoms with Crippen LogP contribution in [0.15, 0.2) is 24.3 Å². The Bertz CT molecular complexity index is 428. The average molecular weight is 248 g/mol. The van der Waals surface area contributed by atoms with Crippen LogP contribution < -0.4 is 4.74 Å². The van der Waals surface area contributed by atoms with Crippen molar-refractivity contribution in [2.75, 3.05) is 0 Å². The van der Waals surface area contributed by atoms with Gasteiger partial charge in [0.15, 0.2) is 0 Å². The summed E-state index contributed by atoms with van der Waals surface area (Å²) in [5.41, 5.74) is 0.948. The van der Waals surface area contributed by atoms with E-state index in [1.165, 1.54) is 0 Å². The summed E-state index contributed by atoms with van der Waals surface area (Å²) in [6, 6.07) is 7.60. The number of carbonyl (C=O) groups excluding carboxylic acids is 1. The Kier molecular flexibility index (Phi) is 3.60. The number of benzene rings is 1. The number of hydrogen-bond acceptors (Lipinski definition) is 3. The molecule has 1 aliphatic carbocycles. The van der Waals surface area contributed by atoms with Crippen LogP contribution in [0.3, 0.4) is 0 Å². The van der Waals surface area contributed by atoms with Crippen molar-refractivity contribution in [1.82, 2.24) is 0 Å². The Morgan fingerprint density at radius 2 is 1.89 bits per heavy atom. The van der Waals surface area contributed by atoms with Crippen molar-refractivity contribution in [1.29, 1.82) is 0 Å². The summed E-state index contributed by atoms with van der Waals surface area (Å²) in [6.45, 7) is 6.27. The maximum absolute atomic E-state index is 11.7. The molecule has 3 heteroatoms. The summed E-state index contributed by atoms with van der Waals surface area (Å²) < 4.78 is 10.5. The van der Waals surface area contributed by atoms with E-state index in [0.717, 1.165) is 24.8 Å². The molecule has 2 rings (SSSR count). The largest absolute Gasteiger partial charge is 0.514 e. The van der Waals surface area contributed by atoms with Crippen LogP contribution in [0.2, 0.25) is 0 Å². The predicted octanol–water partition coefficient (Wildman–Crippen LogP) is 4.05. The van der Waals surface area contributed by atoms with Gasteiger partial charge in [-0.1, -0.05) is 39.0 Å².